The molecule has 1 rings (SSSR count). The molecule has 26 heavy (non-hydrogen) atoms. The molecule has 0 heterocycles. The van der Waals surface area contributed by atoms with Crippen molar-refractivity contribution in [1.82, 2.24) is 5.32 Å². The van der Waals surface area contributed by atoms with Crippen LogP contribution < -0.4 is 5.32 Å². The Morgan fingerprint density at radius 1 is 1.00 bits per heavy atom. The lowest BCUT2D eigenvalue weighted by atomic mass is 9.95. The van der Waals surface area contributed by atoms with Crippen molar-refractivity contribution in [3.8, 4) is 0 Å². The second kappa shape index (κ2) is 10.0. The van der Waals surface area contributed by atoms with Gasteiger partial charge in [-0.3, -0.25) is 10.1 Å². The molecule has 0 unspecified atom stereocenters. The number of ether oxygens (including phenoxy) is 3. The molecule has 9 nitrogen and oxygen atoms in total. The Morgan fingerprint density at radius 2 is 1.62 bits per heavy atom. The van der Waals surface area contributed by atoms with Crippen molar-refractivity contribution in [2.75, 3.05) is 13.2 Å². The van der Waals surface area contributed by atoms with Gasteiger partial charge in [0.1, 0.15) is 6.61 Å². The maximum atomic E-state index is 12.2. The molecule has 0 spiro atoms. The molecule has 0 bridgehead atoms. The fourth-order valence-corrected chi connectivity index (χ4v) is 2.00. The van der Waals surface area contributed by atoms with E-state index in [1.165, 1.54) is 13.8 Å². The normalized spacial score (nSPS) is 12.4. The first kappa shape index (κ1) is 20.9. The number of carboxylic acids is 1. The topological polar surface area (TPSA) is 128 Å². The fraction of sp³-hybridized carbons (Fsp3) is 0.412. The van der Waals surface area contributed by atoms with Crippen molar-refractivity contribution in [3.05, 3.63) is 35.9 Å². The molecule has 0 radical (unpaired) electrons. The summed E-state index contributed by atoms with van der Waals surface area (Å²) in [6.07, 6.45) is -2.12. The molecule has 1 amide bonds. The molecule has 2 N–H and O–H groups in total. The molecule has 1 aromatic carbocycles. The SMILES string of the molecule is CCOC(=O)C[C@](NC(=O)OCc1ccccc1)(C(=O)O)C(=O)OCC. The first-order valence-electron chi connectivity index (χ1n) is 7.90. The van der Waals surface area contributed by atoms with Crippen molar-refractivity contribution in [1.29, 1.82) is 0 Å². The largest absolute Gasteiger partial charge is 0.479 e. The van der Waals surface area contributed by atoms with E-state index in [1.807, 2.05) is 5.32 Å². The van der Waals surface area contributed by atoms with Crippen LogP contribution >= 0.6 is 0 Å². The van der Waals surface area contributed by atoms with E-state index in [1.54, 1.807) is 30.3 Å². The second-order valence-corrected chi connectivity index (χ2v) is 5.10. The number of carboxylic acid groups (broad SMARTS) is 1. The third kappa shape index (κ3) is 5.76. The van der Waals surface area contributed by atoms with Crippen LogP contribution in [0, 0.1) is 0 Å². The van der Waals surface area contributed by atoms with Gasteiger partial charge in [0.25, 0.3) is 0 Å². The van der Waals surface area contributed by atoms with Crippen molar-refractivity contribution in [2.45, 2.75) is 32.4 Å². The number of hydrogen-bond donors (Lipinski definition) is 2. The van der Waals surface area contributed by atoms with Crippen LogP contribution in [0.1, 0.15) is 25.8 Å². The van der Waals surface area contributed by atoms with Crippen molar-refractivity contribution in [3.63, 3.8) is 0 Å². The maximum Gasteiger partial charge on any atom is 0.408 e. The van der Waals surface area contributed by atoms with Gasteiger partial charge >= 0.3 is 24.0 Å². The van der Waals surface area contributed by atoms with Crippen LogP contribution in [0.25, 0.3) is 0 Å². The maximum absolute atomic E-state index is 12.2. The molecular formula is C17H21NO8. The van der Waals surface area contributed by atoms with E-state index in [-0.39, 0.29) is 19.8 Å². The number of carbonyl (C=O) groups excluding carboxylic acids is 3. The fourth-order valence-electron chi connectivity index (χ4n) is 2.00. The van der Waals surface area contributed by atoms with E-state index >= 15 is 0 Å². The zero-order valence-electron chi connectivity index (χ0n) is 14.5. The number of benzene rings is 1. The summed E-state index contributed by atoms with van der Waals surface area (Å²) in [6.45, 7) is 2.67. The minimum atomic E-state index is -2.64. The molecule has 0 aliphatic carbocycles. The van der Waals surface area contributed by atoms with Gasteiger partial charge in [-0.05, 0) is 19.4 Å². The Balaban J connectivity index is 2.94. The van der Waals surface area contributed by atoms with Crippen LogP contribution in [0.4, 0.5) is 4.79 Å². The molecule has 1 aromatic rings. The van der Waals surface area contributed by atoms with Gasteiger partial charge in [-0.15, -0.1) is 0 Å². The number of amides is 1. The van der Waals surface area contributed by atoms with Gasteiger partial charge in [-0.1, -0.05) is 30.3 Å². The highest BCUT2D eigenvalue weighted by atomic mass is 16.6. The molecule has 0 aromatic heterocycles. The predicted octanol–water partition coefficient (Wildman–Crippen LogP) is 1.25. The van der Waals surface area contributed by atoms with Gasteiger partial charge in [-0.25, -0.2) is 14.4 Å². The number of aliphatic carboxylic acids is 1. The summed E-state index contributed by atoms with van der Waals surface area (Å²) in [4.78, 5) is 47.7. The molecule has 0 saturated heterocycles. The lowest BCUT2D eigenvalue weighted by molar-refractivity contribution is -0.167. The molecule has 0 aliphatic heterocycles. The standard InChI is InChI=1S/C17H21NO8/c1-3-24-13(19)10-17(14(20)21,15(22)25-4-2)18-16(23)26-11-12-8-6-5-7-9-12/h5-9H,3-4,10-11H2,1-2H3,(H,18,23)(H,20,21)/t17-/m0/s1. The highest BCUT2D eigenvalue weighted by Gasteiger charge is 2.52. The van der Waals surface area contributed by atoms with Gasteiger partial charge in [0.15, 0.2) is 0 Å². The summed E-state index contributed by atoms with van der Waals surface area (Å²) in [5, 5.41) is 11.4. The van der Waals surface area contributed by atoms with E-state index in [4.69, 9.17) is 9.47 Å². The Labute approximate surface area is 150 Å². The molecular weight excluding hydrogens is 346 g/mol. The predicted molar refractivity (Wildman–Crippen MR) is 88.0 cm³/mol. The third-order valence-electron chi connectivity index (χ3n) is 3.23. The number of rotatable bonds is 9. The molecule has 0 fully saturated rings. The number of esters is 2. The van der Waals surface area contributed by atoms with Gasteiger partial charge in [0, 0.05) is 0 Å². The molecule has 0 aliphatic rings. The smallest absolute Gasteiger partial charge is 0.408 e. The minimum Gasteiger partial charge on any atom is -0.479 e. The Kier molecular flexibility index (Phi) is 8.07. The molecule has 1 atom stereocenters. The highest BCUT2D eigenvalue weighted by molar-refractivity contribution is 6.09. The van der Waals surface area contributed by atoms with Crippen LogP contribution in [-0.2, 0) is 35.2 Å². The Bertz CT molecular complexity index is 645. The van der Waals surface area contributed by atoms with Crippen LogP contribution in [0.3, 0.4) is 0 Å². The summed E-state index contributed by atoms with van der Waals surface area (Å²) in [5.74, 6) is -4.04. The quantitative estimate of drug-likeness (QED) is 0.379. The van der Waals surface area contributed by atoms with Crippen molar-refractivity contribution in [2.24, 2.45) is 0 Å². The van der Waals surface area contributed by atoms with Gasteiger partial charge in [0.05, 0.1) is 19.6 Å². The zero-order chi connectivity index (χ0) is 19.6. The summed E-state index contributed by atoms with van der Waals surface area (Å²) < 4.78 is 14.3. The van der Waals surface area contributed by atoms with E-state index in [0.29, 0.717) is 5.56 Å². The summed E-state index contributed by atoms with van der Waals surface area (Å²) in [7, 11) is 0. The number of hydrogen-bond acceptors (Lipinski definition) is 7. The lowest BCUT2D eigenvalue weighted by Crippen LogP contribution is -2.62. The minimum absolute atomic E-state index is 0.0180. The monoisotopic (exact) mass is 367 g/mol. The van der Waals surface area contributed by atoms with Gasteiger partial charge in [-0.2, -0.15) is 0 Å². The third-order valence-corrected chi connectivity index (χ3v) is 3.23. The number of nitrogens with one attached hydrogen (secondary N) is 1. The summed E-state index contributed by atoms with van der Waals surface area (Å²) in [5.41, 5.74) is -1.99. The molecule has 142 valence electrons. The van der Waals surface area contributed by atoms with Crippen LogP contribution in [0.2, 0.25) is 0 Å². The van der Waals surface area contributed by atoms with Crippen LogP contribution in [-0.4, -0.2) is 47.9 Å². The van der Waals surface area contributed by atoms with Gasteiger partial charge in [0.2, 0.25) is 5.54 Å². The van der Waals surface area contributed by atoms with E-state index < -0.39 is 36.0 Å². The second-order valence-electron chi connectivity index (χ2n) is 5.10. The average Bonchev–Trinajstić information content (AvgIpc) is 2.60. The highest BCUT2D eigenvalue weighted by Crippen LogP contribution is 2.16. The molecule has 9 heteroatoms. The van der Waals surface area contributed by atoms with E-state index in [0.717, 1.165) is 0 Å². The first-order valence-corrected chi connectivity index (χ1v) is 7.90. The summed E-state index contributed by atoms with van der Waals surface area (Å²) >= 11 is 0. The zero-order valence-corrected chi connectivity index (χ0v) is 14.5. The van der Waals surface area contributed by atoms with E-state index in [2.05, 4.69) is 4.74 Å². The Hall–Kier alpha value is -3.10. The molecule has 0 saturated carbocycles. The first-order chi connectivity index (χ1) is 12.4. The number of carbonyl (C=O) groups is 4. The summed E-state index contributed by atoms with van der Waals surface area (Å²) in [6, 6.07) is 8.64. The number of alkyl carbamates (subject to hydrolysis) is 1. The van der Waals surface area contributed by atoms with E-state index in [9.17, 15) is 24.3 Å². The average molecular weight is 367 g/mol. The van der Waals surface area contributed by atoms with Crippen molar-refractivity contribution < 1.29 is 38.5 Å². The van der Waals surface area contributed by atoms with Crippen LogP contribution in [0.15, 0.2) is 30.3 Å². The van der Waals surface area contributed by atoms with Crippen LogP contribution in [0.5, 0.6) is 0 Å². The lowest BCUT2D eigenvalue weighted by Gasteiger charge is -2.26. The Morgan fingerprint density at radius 3 is 2.15 bits per heavy atom. The van der Waals surface area contributed by atoms with Crippen molar-refractivity contribution >= 4 is 24.0 Å². The van der Waals surface area contributed by atoms with Gasteiger partial charge < -0.3 is 19.3 Å².